The fraction of sp³-hybridized carbons (Fsp3) is 0.333. The number of nitrogen functional groups attached to an aromatic ring is 1. The first-order valence-electron chi connectivity index (χ1n) is 13.2. The number of benzene rings is 2. The Labute approximate surface area is 235 Å². The number of hydrogen-bond acceptors (Lipinski definition) is 11. The molecule has 1 saturated heterocycles. The van der Waals surface area contributed by atoms with Crippen molar-refractivity contribution in [2.75, 3.05) is 25.4 Å². The van der Waals surface area contributed by atoms with Crippen LogP contribution in [0.25, 0.3) is 5.82 Å². The van der Waals surface area contributed by atoms with Crippen LogP contribution < -0.4 is 20.6 Å². The third kappa shape index (κ3) is 6.84. The normalized spacial score (nSPS) is 13.9. The number of hydrazone groups is 1. The monoisotopic (exact) mass is 563 g/mol. The maximum absolute atomic E-state index is 13.2. The molecule has 0 radical (unpaired) electrons. The van der Waals surface area contributed by atoms with Gasteiger partial charge in [-0.15, -0.1) is 5.10 Å². The third-order valence-corrected chi connectivity index (χ3v) is 6.45. The van der Waals surface area contributed by atoms with Gasteiger partial charge in [-0.1, -0.05) is 23.8 Å². The van der Waals surface area contributed by atoms with Gasteiger partial charge in [0.15, 0.2) is 17.2 Å². The van der Waals surface area contributed by atoms with Crippen LogP contribution in [0.15, 0.2) is 52.2 Å². The Balaban J connectivity index is 1.29. The molecule has 2 aromatic carbocycles. The van der Waals surface area contributed by atoms with Crippen molar-refractivity contribution in [3.8, 4) is 17.3 Å². The Bertz CT molecular complexity index is 1500. The molecule has 0 atom stereocenters. The van der Waals surface area contributed by atoms with Crippen molar-refractivity contribution in [1.29, 1.82) is 0 Å². The van der Waals surface area contributed by atoms with E-state index in [2.05, 4.69) is 36.1 Å². The average Bonchev–Trinajstić information content (AvgIpc) is 3.59. The summed E-state index contributed by atoms with van der Waals surface area (Å²) in [5.74, 6) is 0.388. The number of halogens is 1. The van der Waals surface area contributed by atoms with E-state index in [0.29, 0.717) is 35.9 Å². The molecule has 214 valence electrons. The lowest BCUT2D eigenvalue weighted by Gasteiger charge is -2.26. The molecular formula is C27H30FN9O4. The van der Waals surface area contributed by atoms with Crippen molar-refractivity contribution in [3.63, 3.8) is 0 Å². The highest BCUT2D eigenvalue weighted by molar-refractivity contribution is 5.94. The molecule has 13 nitrogen and oxygen atoms in total. The zero-order chi connectivity index (χ0) is 28.6. The van der Waals surface area contributed by atoms with Crippen LogP contribution in [0.2, 0.25) is 0 Å². The third-order valence-electron chi connectivity index (χ3n) is 6.45. The van der Waals surface area contributed by atoms with E-state index in [0.717, 1.165) is 31.5 Å². The Hall–Kier alpha value is -4.85. The molecule has 4 aromatic rings. The largest absolute Gasteiger partial charge is 0.490 e. The molecule has 41 heavy (non-hydrogen) atoms. The van der Waals surface area contributed by atoms with E-state index in [4.69, 9.17) is 19.8 Å². The van der Waals surface area contributed by atoms with Gasteiger partial charge in [-0.25, -0.2) is 14.4 Å². The van der Waals surface area contributed by atoms with Crippen LogP contribution in [0, 0.1) is 5.82 Å². The molecule has 1 amide bonds. The van der Waals surface area contributed by atoms with E-state index in [-0.39, 0.29) is 29.8 Å². The van der Waals surface area contributed by atoms with E-state index in [1.165, 1.54) is 29.4 Å². The molecule has 1 aliphatic heterocycles. The maximum atomic E-state index is 13.2. The van der Waals surface area contributed by atoms with Crippen molar-refractivity contribution in [3.05, 3.63) is 70.8 Å². The van der Waals surface area contributed by atoms with Crippen LogP contribution in [0.4, 0.5) is 10.2 Å². The van der Waals surface area contributed by atoms with E-state index in [1.807, 2.05) is 6.92 Å². The summed E-state index contributed by atoms with van der Waals surface area (Å²) < 4.78 is 30.9. The van der Waals surface area contributed by atoms with Crippen molar-refractivity contribution >= 4 is 17.9 Å². The second kappa shape index (κ2) is 13.0. The average molecular weight is 564 g/mol. The number of likely N-dealkylation sites (tertiary alicyclic amines) is 1. The number of amides is 1. The number of aromatic nitrogens is 5. The Morgan fingerprint density at radius 3 is 2.66 bits per heavy atom. The minimum Gasteiger partial charge on any atom is -0.490 e. The summed E-state index contributed by atoms with van der Waals surface area (Å²) in [5.41, 5.74) is 10.5. The lowest BCUT2D eigenvalue weighted by atomic mass is 10.1. The number of hydrogen-bond donors (Lipinski definition) is 2. The minimum atomic E-state index is -0.543. The van der Waals surface area contributed by atoms with Crippen LogP contribution in [0.1, 0.15) is 53.5 Å². The molecule has 1 aliphatic rings. The van der Waals surface area contributed by atoms with Gasteiger partial charge in [0, 0.05) is 6.54 Å². The molecule has 2 aromatic heterocycles. The molecular weight excluding hydrogens is 533 g/mol. The second-order valence-electron chi connectivity index (χ2n) is 9.36. The summed E-state index contributed by atoms with van der Waals surface area (Å²) in [5, 5.41) is 19.7. The fourth-order valence-electron chi connectivity index (χ4n) is 4.41. The van der Waals surface area contributed by atoms with Crippen LogP contribution in [0.5, 0.6) is 11.5 Å². The second-order valence-corrected chi connectivity index (χ2v) is 9.36. The van der Waals surface area contributed by atoms with Crippen LogP contribution in [-0.4, -0.2) is 62.0 Å². The highest BCUT2D eigenvalue weighted by atomic mass is 19.1. The quantitative estimate of drug-likeness (QED) is 0.205. The lowest BCUT2D eigenvalue weighted by Crippen LogP contribution is -2.31. The molecule has 0 unspecified atom stereocenters. The number of anilines is 1. The molecule has 1 fully saturated rings. The van der Waals surface area contributed by atoms with Gasteiger partial charge >= 0.3 is 0 Å². The minimum absolute atomic E-state index is 0.0370. The Morgan fingerprint density at radius 2 is 1.93 bits per heavy atom. The van der Waals surface area contributed by atoms with E-state index >= 15 is 0 Å². The summed E-state index contributed by atoms with van der Waals surface area (Å²) in [7, 11) is 0. The Kier molecular flexibility index (Phi) is 8.79. The number of ether oxygens (including phenoxy) is 2. The first kappa shape index (κ1) is 27.7. The maximum Gasteiger partial charge on any atom is 0.293 e. The van der Waals surface area contributed by atoms with Crippen LogP contribution in [0.3, 0.4) is 0 Å². The summed E-state index contributed by atoms with van der Waals surface area (Å²) in [6.07, 6.45) is 4.79. The van der Waals surface area contributed by atoms with Crippen molar-refractivity contribution in [2.45, 2.75) is 39.3 Å². The predicted molar refractivity (Wildman–Crippen MR) is 146 cm³/mol. The first-order chi connectivity index (χ1) is 20.0. The summed E-state index contributed by atoms with van der Waals surface area (Å²) in [4.78, 5) is 15.3. The van der Waals surface area contributed by atoms with Crippen molar-refractivity contribution < 1.29 is 23.3 Å². The number of rotatable bonds is 11. The smallest absolute Gasteiger partial charge is 0.293 e. The standard InChI is InChI=1S/C27H30FN9O4/c1-2-39-23-14-19(8-11-22(23)40-17-18-6-9-20(28)10-7-18)15-30-32-27(38)24-21(16-36-12-4-3-5-13-36)37(35-31-24)26-25(29)33-41-34-26/h6-11,14-15H,2-5,12-13,16-17H2,1H3,(H2,29,33)(H,32,38)/b30-15+. The first-order valence-corrected chi connectivity index (χ1v) is 13.2. The van der Waals surface area contributed by atoms with Gasteiger partial charge < -0.3 is 15.2 Å². The number of carbonyl (C=O) groups excluding carboxylic acids is 1. The van der Waals surface area contributed by atoms with Gasteiger partial charge in [-0.2, -0.15) is 9.78 Å². The topological polar surface area (TPSA) is 159 Å². The number of carbonyl (C=O) groups is 1. The summed E-state index contributed by atoms with van der Waals surface area (Å²) >= 11 is 0. The van der Waals surface area contributed by atoms with Gasteiger partial charge in [-0.3, -0.25) is 9.69 Å². The highest BCUT2D eigenvalue weighted by Gasteiger charge is 2.26. The molecule has 3 N–H and O–H groups in total. The van der Waals surface area contributed by atoms with E-state index < -0.39 is 5.91 Å². The molecule has 3 heterocycles. The summed E-state index contributed by atoms with van der Waals surface area (Å²) in [6.45, 7) is 4.74. The molecule has 0 aliphatic carbocycles. The molecule has 5 rings (SSSR count). The molecule has 0 spiro atoms. The van der Waals surface area contributed by atoms with Crippen LogP contribution >= 0.6 is 0 Å². The number of nitrogens with zero attached hydrogens (tertiary/aromatic N) is 7. The zero-order valence-electron chi connectivity index (χ0n) is 22.5. The zero-order valence-corrected chi connectivity index (χ0v) is 22.5. The predicted octanol–water partition coefficient (Wildman–Crippen LogP) is 3.10. The van der Waals surface area contributed by atoms with Crippen molar-refractivity contribution in [2.24, 2.45) is 5.10 Å². The number of piperidine rings is 1. The van der Waals surface area contributed by atoms with Crippen molar-refractivity contribution in [1.82, 2.24) is 35.6 Å². The van der Waals surface area contributed by atoms with Gasteiger partial charge in [0.05, 0.1) is 18.5 Å². The lowest BCUT2D eigenvalue weighted by molar-refractivity contribution is 0.0947. The van der Waals surface area contributed by atoms with E-state index in [1.54, 1.807) is 30.3 Å². The van der Waals surface area contributed by atoms with Gasteiger partial charge in [0.25, 0.3) is 5.91 Å². The SMILES string of the molecule is CCOc1cc(/C=N/NC(=O)c2nnn(-c3nonc3N)c2CN2CCCCC2)ccc1OCc1ccc(F)cc1. The van der Waals surface area contributed by atoms with Gasteiger partial charge in [0.2, 0.25) is 11.6 Å². The molecule has 14 heteroatoms. The molecule has 0 saturated carbocycles. The Morgan fingerprint density at radius 1 is 1.12 bits per heavy atom. The molecule has 0 bridgehead atoms. The van der Waals surface area contributed by atoms with Gasteiger partial charge in [-0.05, 0) is 84.6 Å². The van der Waals surface area contributed by atoms with E-state index in [9.17, 15) is 9.18 Å². The number of nitrogens with one attached hydrogen (secondary N) is 1. The summed E-state index contributed by atoms with van der Waals surface area (Å²) in [6, 6.07) is 11.4. The number of nitrogens with two attached hydrogens (primary N) is 1. The fourth-order valence-corrected chi connectivity index (χ4v) is 4.41. The van der Waals surface area contributed by atoms with Gasteiger partial charge in [0.1, 0.15) is 12.4 Å². The highest BCUT2D eigenvalue weighted by Crippen LogP contribution is 2.29. The van der Waals surface area contributed by atoms with Crippen LogP contribution in [-0.2, 0) is 13.2 Å².